The van der Waals surface area contributed by atoms with Crippen molar-refractivity contribution < 1.29 is 10.2 Å². The van der Waals surface area contributed by atoms with E-state index in [0.717, 1.165) is 22.5 Å². The Morgan fingerprint density at radius 2 is 1.04 bits per heavy atom. The van der Waals surface area contributed by atoms with Gasteiger partial charge in [-0.2, -0.15) is 10.2 Å². The van der Waals surface area contributed by atoms with Crippen LogP contribution >= 0.6 is 0 Å². The number of nitrogens with one attached hydrogen (secondary N) is 2. The Morgan fingerprint density at radius 1 is 0.607 bits per heavy atom. The zero-order chi connectivity index (χ0) is 19.6. The number of aliphatic hydroxyl groups is 2. The van der Waals surface area contributed by atoms with Gasteiger partial charge in [0.15, 0.2) is 0 Å². The molecule has 4 N–H and O–H groups in total. The molecule has 0 aliphatic rings. The SMILES string of the molecule is OCC(=NNc1ccccc1)c1cccc(/C(CO)=N/Nc2ccccc2)c1. The van der Waals surface area contributed by atoms with Crippen LogP contribution in [0.15, 0.2) is 95.1 Å². The third kappa shape index (κ3) is 5.26. The Kier molecular flexibility index (Phi) is 6.89. The minimum absolute atomic E-state index is 0.225. The molecule has 0 saturated heterocycles. The number of nitrogens with zero attached hydrogens (tertiary/aromatic N) is 2. The van der Waals surface area contributed by atoms with Crippen LogP contribution in [0.2, 0.25) is 0 Å². The van der Waals surface area contributed by atoms with Crippen LogP contribution in [0.25, 0.3) is 0 Å². The Bertz CT molecular complexity index is 866. The maximum Gasteiger partial charge on any atom is 0.0933 e. The van der Waals surface area contributed by atoms with Gasteiger partial charge in [-0.15, -0.1) is 0 Å². The average Bonchev–Trinajstić information content (AvgIpc) is 2.76. The van der Waals surface area contributed by atoms with Crippen molar-refractivity contribution in [3.8, 4) is 0 Å². The quantitative estimate of drug-likeness (QED) is 0.360. The molecule has 0 fully saturated rings. The van der Waals surface area contributed by atoms with Gasteiger partial charge in [0, 0.05) is 11.1 Å². The van der Waals surface area contributed by atoms with Crippen molar-refractivity contribution in [3.63, 3.8) is 0 Å². The van der Waals surface area contributed by atoms with E-state index >= 15 is 0 Å². The molecule has 6 nitrogen and oxygen atoms in total. The largest absolute Gasteiger partial charge is 0.390 e. The number of para-hydroxylation sites is 2. The number of rotatable bonds is 8. The van der Waals surface area contributed by atoms with Crippen LogP contribution in [-0.4, -0.2) is 34.9 Å². The van der Waals surface area contributed by atoms with Crippen LogP contribution in [0.1, 0.15) is 11.1 Å². The zero-order valence-electron chi connectivity index (χ0n) is 15.3. The molecule has 0 aliphatic carbocycles. The van der Waals surface area contributed by atoms with E-state index in [4.69, 9.17) is 0 Å². The van der Waals surface area contributed by atoms with E-state index in [0.29, 0.717) is 11.4 Å². The molecule has 0 bridgehead atoms. The highest BCUT2D eigenvalue weighted by Crippen LogP contribution is 2.11. The summed E-state index contributed by atoms with van der Waals surface area (Å²) in [4.78, 5) is 0. The molecule has 0 aliphatic heterocycles. The molecule has 0 aromatic heterocycles. The van der Waals surface area contributed by atoms with Crippen LogP contribution in [0.4, 0.5) is 11.4 Å². The second kappa shape index (κ2) is 10.0. The molecular weight excluding hydrogens is 352 g/mol. The summed E-state index contributed by atoms with van der Waals surface area (Å²) in [6.45, 7) is -0.450. The molecule has 0 atom stereocenters. The molecule has 0 heterocycles. The minimum atomic E-state index is -0.225. The molecule has 0 spiro atoms. The lowest BCUT2D eigenvalue weighted by Gasteiger charge is -2.09. The highest BCUT2D eigenvalue weighted by molar-refractivity contribution is 6.06. The number of hydrogen-bond acceptors (Lipinski definition) is 6. The van der Waals surface area contributed by atoms with Gasteiger partial charge in [-0.1, -0.05) is 54.6 Å². The number of aliphatic hydroxyl groups excluding tert-OH is 2. The normalized spacial score (nSPS) is 11.9. The maximum atomic E-state index is 9.73. The lowest BCUT2D eigenvalue weighted by Crippen LogP contribution is -2.13. The zero-order valence-corrected chi connectivity index (χ0v) is 15.3. The van der Waals surface area contributed by atoms with Crippen molar-refractivity contribution in [1.82, 2.24) is 0 Å². The third-order valence-electron chi connectivity index (χ3n) is 4.02. The Balaban J connectivity index is 1.80. The summed E-state index contributed by atoms with van der Waals surface area (Å²) in [7, 11) is 0. The van der Waals surface area contributed by atoms with Crippen LogP contribution in [0.3, 0.4) is 0 Å². The lowest BCUT2D eigenvalue weighted by molar-refractivity contribution is 0.357. The number of anilines is 2. The van der Waals surface area contributed by atoms with Crippen molar-refractivity contribution in [2.75, 3.05) is 24.1 Å². The van der Waals surface area contributed by atoms with Gasteiger partial charge in [0.25, 0.3) is 0 Å². The summed E-state index contributed by atoms with van der Waals surface area (Å²) in [6.07, 6.45) is 0. The van der Waals surface area contributed by atoms with Crippen LogP contribution in [0.5, 0.6) is 0 Å². The highest BCUT2D eigenvalue weighted by Gasteiger charge is 2.08. The molecular formula is C22H22N4O2. The second-order valence-electron chi connectivity index (χ2n) is 5.97. The van der Waals surface area contributed by atoms with E-state index in [-0.39, 0.29) is 13.2 Å². The minimum Gasteiger partial charge on any atom is -0.390 e. The summed E-state index contributed by atoms with van der Waals surface area (Å²) in [5.74, 6) is 0. The van der Waals surface area contributed by atoms with E-state index in [9.17, 15) is 10.2 Å². The van der Waals surface area contributed by atoms with Crippen molar-refractivity contribution >= 4 is 22.8 Å². The van der Waals surface area contributed by atoms with Crippen LogP contribution in [0, 0.1) is 0 Å². The molecule has 3 rings (SSSR count). The number of hydrogen-bond donors (Lipinski definition) is 4. The maximum absolute atomic E-state index is 9.73. The van der Waals surface area contributed by atoms with Gasteiger partial charge in [-0.25, -0.2) is 0 Å². The van der Waals surface area contributed by atoms with Gasteiger partial charge in [0.05, 0.1) is 36.0 Å². The average molecular weight is 374 g/mol. The molecule has 142 valence electrons. The monoisotopic (exact) mass is 374 g/mol. The molecule has 28 heavy (non-hydrogen) atoms. The first-order chi connectivity index (χ1) is 13.8. The molecule has 3 aromatic carbocycles. The fraction of sp³-hybridized carbons (Fsp3) is 0.0909. The fourth-order valence-corrected chi connectivity index (χ4v) is 2.55. The van der Waals surface area contributed by atoms with Gasteiger partial charge < -0.3 is 10.2 Å². The molecule has 0 amide bonds. The number of hydrazone groups is 2. The molecule has 0 unspecified atom stereocenters. The van der Waals surface area contributed by atoms with E-state index in [2.05, 4.69) is 21.1 Å². The predicted molar refractivity (Wildman–Crippen MR) is 114 cm³/mol. The van der Waals surface area contributed by atoms with Gasteiger partial charge in [0.1, 0.15) is 0 Å². The van der Waals surface area contributed by atoms with Crippen LogP contribution < -0.4 is 10.9 Å². The Labute approximate surface area is 163 Å². The summed E-state index contributed by atoms with van der Waals surface area (Å²) < 4.78 is 0. The molecule has 0 radical (unpaired) electrons. The van der Waals surface area contributed by atoms with Gasteiger partial charge in [0.2, 0.25) is 0 Å². The van der Waals surface area contributed by atoms with Crippen LogP contribution in [-0.2, 0) is 0 Å². The second-order valence-corrected chi connectivity index (χ2v) is 5.97. The van der Waals surface area contributed by atoms with Crippen molar-refractivity contribution in [3.05, 3.63) is 96.1 Å². The smallest absolute Gasteiger partial charge is 0.0933 e. The molecule has 3 aromatic rings. The summed E-state index contributed by atoms with van der Waals surface area (Å²) in [5.41, 5.74) is 9.99. The first-order valence-corrected chi connectivity index (χ1v) is 8.88. The molecule has 0 saturated carbocycles. The standard InChI is InChI=1S/C22H22N4O2/c27-15-21(25-23-19-10-3-1-4-11-19)17-8-7-9-18(14-17)22(16-28)26-24-20-12-5-2-6-13-20/h1-14,23-24,27-28H,15-16H2/b25-21+,26-22?. The number of benzene rings is 3. The van der Waals surface area contributed by atoms with Gasteiger partial charge >= 0.3 is 0 Å². The van der Waals surface area contributed by atoms with Crippen molar-refractivity contribution in [2.45, 2.75) is 0 Å². The predicted octanol–water partition coefficient (Wildman–Crippen LogP) is 3.30. The highest BCUT2D eigenvalue weighted by atomic mass is 16.3. The Hall–Kier alpha value is -3.48. The lowest BCUT2D eigenvalue weighted by atomic mass is 10.0. The molecule has 6 heteroatoms. The van der Waals surface area contributed by atoms with E-state index in [1.54, 1.807) is 0 Å². The first-order valence-electron chi connectivity index (χ1n) is 8.88. The van der Waals surface area contributed by atoms with Gasteiger partial charge in [-0.3, -0.25) is 10.9 Å². The van der Waals surface area contributed by atoms with Crippen molar-refractivity contribution in [1.29, 1.82) is 0 Å². The summed E-state index contributed by atoms with van der Waals surface area (Å²) in [5, 5.41) is 28.1. The van der Waals surface area contributed by atoms with E-state index in [1.807, 2.05) is 84.9 Å². The topological polar surface area (TPSA) is 89.2 Å². The summed E-state index contributed by atoms with van der Waals surface area (Å²) in [6, 6.07) is 26.4. The Morgan fingerprint density at radius 3 is 1.43 bits per heavy atom. The van der Waals surface area contributed by atoms with Crippen molar-refractivity contribution in [2.24, 2.45) is 10.2 Å². The van der Waals surface area contributed by atoms with E-state index in [1.165, 1.54) is 0 Å². The third-order valence-corrected chi connectivity index (χ3v) is 4.02. The summed E-state index contributed by atoms with van der Waals surface area (Å²) >= 11 is 0. The van der Waals surface area contributed by atoms with Gasteiger partial charge in [-0.05, 0) is 30.3 Å². The first kappa shape index (κ1) is 19.3. The van der Waals surface area contributed by atoms with E-state index < -0.39 is 0 Å². The fourth-order valence-electron chi connectivity index (χ4n) is 2.55.